The first-order valence-corrected chi connectivity index (χ1v) is 7.44. The van der Waals surface area contributed by atoms with Crippen molar-refractivity contribution in [3.8, 4) is 5.75 Å². The van der Waals surface area contributed by atoms with E-state index in [-0.39, 0.29) is 11.3 Å². The Hall–Kier alpha value is -1.89. The fraction of sp³-hybridized carbons (Fsp3) is 0.385. The zero-order chi connectivity index (χ0) is 15.1. The maximum absolute atomic E-state index is 11.7. The number of nitrogens with one attached hydrogen (secondary N) is 2. The van der Waals surface area contributed by atoms with Crippen LogP contribution in [-0.4, -0.2) is 40.8 Å². The van der Waals surface area contributed by atoms with Crippen LogP contribution in [0.3, 0.4) is 0 Å². The van der Waals surface area contributed by atoms with Crippen LogP contribution < -0.4 is 10.6 Å². The fourth-order valence-corrected chi connectivity index (χ4v) is 2.28. The van der Waals surface area contributed by atoms with E-state index >= 15 is 0 Å². The summed E-state index contributed by atoms with van der Waals surface area (Å²) in [5.41, 5.74) is -0.182. The number of aromatic carboxylic acids is 1. The number of carboxylic acids is 1. The van der Waals surface area contributed by atoms with Gasteiger partial charge in [0.05, 0.1) is 5.69 Å². The van der Waals surface area contributed by atoms with Crippen LogP contribution in [0.2, 0.25) is 0 Å². The van der Waals surface area contributed by atoms with E-state index in [1.807, 2.05) is 13.2 Å². The molecule has 1 aromatic rings. The minimum atomic E-state index is -1.25. The topological polar surface area (TPSA) is 98.7 Å². The summed E-state index contributed by atoms with van der Waals surface area (Å²) in [4.78, 5) is 22.5. The van der Waals surface area contributed by atoms with Crippen molar-refractivity contribution >= 4 is 29.4 Å². The van der Waals surface area contributed by atoms with Crippen LogP contribution >= 0.6 is 11.8 Å². The maximum atomic E-state index is 11.7. The minimum absolute atomic E-state index is 0.0694. The first kappa shape index (κ1) is 16.2. The van der Waals surface area contributed by atoms with Gasteiger partial charge in [0.15, 0.2) is 5.75 Å². The van der Waals surface area contributed by atoms with Crippen molar-refractivity contribution in [2.75, 3.05) is 23.9 Å². The number of amides is 2. The highest BCUT2D eigenvalue weighted by molar-refractivity contribution is 7.98. The average Bonchev–Trinajstić information content (AvgIpc) is 2.39. The quantitative estimate of drug-likeness (QED) is 0.604. The van der Waals surface area contributed by atoms with Gasteiger partial charge in [-0.15, -0.1) is 0 Å². The van der Waals surface area contributed by atoms with E-state index in [4.69, 9.17) is 5.11 Å². The van der Waals surface area contributed by atoms with Crippen molar-refractivity contribution in [3.63, 3.8) is 0 Å². The lowest BCUT2D eigenvalue weighted by Gasteiger charge is -2.13. The number of aromatic hydroxyl groups is 1. The lowest BCUT2D eigenvalue weighted by atomic mass is 10.1. The molecule has 2 amide bonds. The second-order valence-electron chi connectivity index (χ2n) is 4.40. The van der Waals surface area contributed by atoms with Crippen LogP contribution in [0.25, 0.3) is 0 Å². The predicted molar refractivity (Wildman–Crippen MR) is 79.6 cm³/mol. The second kappa shape index (κ2) is 7.64. The molecular weight excluding hydrogens is 280 g/mol. The van der Waals surface area contributed by atoms with Gasteiger partial charge in [0, 0.05) is 6.54 Å². The third-order valence-electron chi connectivity index (χ3n) is 2.58. The van der Waals surface area contributed by atoms with Gasteiger partial charge in [-0.05, 0) is 30.1 Å². The van der Waals surface area contributed by atoms with Crippen molar-refractivity contribution in [3.05, 3.63) is 23.8 Å². The maximum Gasteiger partial charge on any atom is 0.339 e. The number of carbonyl (C=O) groups excluding carboxylic acids is 1. The molecule has 1 unspecified atom stereocenters. The molecule has 0 aliphatic rings. The molecule has 0 saturated heterocycles. The number of urea groups is 1. The molecule has 0 bridgehead atoms. The molecule has 1 atom stereocenters. The molecule has 20 heavy (non-hydrogen) atoms. The largest absolute Gasteiger partial charge is 0.505 e. The summed E-state index contributed by atoms with van der Waals surface area (Å²) in [6.07, 6.45) is 1.99. The summed E-state index contributed by atoms with van der Waals surface area (Å²) in [5, 5.41) is 23.7. The molecule has 4 N–H and O–H groups in total. The van der Waals surface area contributed by atoms with E-state index in [1.54, 1.807) is 11.8 Å². The number of para-hydroxylation sites is 1. The van der Waals surface area contributed by atoms with Crippen molar-refractivity contribution in [1.82, 2.24) is 5.32 Å². The van der Waals surface area contributed by atoms with Crippen LogP contribution in [0, 0.1) is 5.92 Å². The Kier molecular flexibility index (Phi) is 6.17. The molecule has 0 fully saturated rings. The molecular formula is C13H18N2O4S. The lowest BCUT2D eigenvalue weighted by molar-refractivity contribution is 0.0693. The summed E-state index contributed by atoms with van der Waals surface area (Å²) in [7, 11) is 0. The van der Waals surface area contributed by atoms with Gasteiger partial charge in [-0.1, -0.05) is 13.0 Å². The van der Waals surface area contributed by atoms with E-state index in [9.17, 15) is 14.7 Å². The number of carbonyl (C=O) groups is 2. The number of thioether (sulfide) groups is 1. The Labute approximate surface area is 121 Å². The van der Waals surface area contributed by atoms with E-state index in [0.29, 0.717) is 12.5 Å². The van der Waals surface area contributed by atoms with E-state index in [0.717, 1.165) is 5.75 Å². The van der Waals surface area contributed by atoms with Crippen molar-refractivity contribution in [2.45, 2.75) is 6.92 Å². The number of hydrogen-bond acceptors (Lipinski definition) is 4. The number of hydrogen-bond donors (Lipinski definition) is 4. The molecule has 110 valence electrons. The molecule has 0 aliphatic carbocycles. The molecule has 0 radical (unpaired) electrons. The molecule has 7 heteroatoms. The van der Waals surface area contributed by atoms with Crippen molar-refractivity contribution in [1.29, 1.82) is 0 Å². The fourth-order valence-electron chi connectivity index (χ4n) is 1.59. The number of benzene rings is 1. The second-order valence-corrected chi connectivity index (χ2v) is 5.31. The van der Waals surface area contributed by atoms with Gasteiger partial charge in [0.1, 0.15) is 5.56 Å². The molecule has 6 nitrogen and oxygen atoms in total. The molecule has 0 spiro atoms. The summed E-state index contributed by atoms with van der Waals surface area (Å²) >= 11 is 1.70. The Morgan fingerprint density at radius 3 is 2.70 bits per heavy atom. The van der Waals surface area contributed by atoms with Crippen molar-refractivity contribution in [2.24, 2.45) is 5.92 Å². The first-order valence-electron chi connectivity index (χ1n) is 6.04. The predicted octanol–water partition coefficient (Wildman–Crippen LogP) is 2.21. The molecule has 0 aliphatic heterocycles. The van der Waals surface area contributed by atoms with Gasteiger partial charge < -0.3 is 20.8 Å². The van der Waals surface area contributed by atoms with Gasteiger partial charge in [0.2, 0.25) is 0 Å². The van der Waals surface area contributed by atoms with Crippen LogP contribution in [0.5, 0.6) is 5.75 Å². The highest BCUT2D eigenvalue weighted by Crippen LogP contribution is 2.27. The smallest absolute Gasteiger partial charge is 0.339 e. The highest BCUT2D eigenvalue weighted by Gasteiger charge is 2.14. The van der Waals surface area contributed by atoms with Crippen LogP contribution in [-0.2, 0) is 0 Å². The summed E-state index contributed by atoms with van der Waals surface area (Å²) in [6.45, 7) is 2.52. The van der Waals surface area contributed by atoms with E-state index in [1.165, 1.54) is 18.2 Å². The molecule has 1 aromatic carbocycles. The zero-order valence-electron chi connectivity index (χ0n) is 11.3. The van der Waals surface area contributed by atoms with Gasteiger partial charge in [0.25, 0.3) is 0 Å². The average molecular weight is 298 g/mol. The Bertz CT molecular complexity index is 493. The van der Waals surface area contributed by atoms with Gasteiger partial charge >= 0.3 is 12.0 Å². The molecule has 0 aromatic heterocycles. The number of phenols is 1. The lowest BCUT2D eigenvalue weighted by Crippen LogP contribution is -2.33. The normalized spacial score (nSPS) is 11.7. The summed E-state index contributed by atoms with van der Waals surface area (Å²) < 4.78 is 0. The zero-order valence-corrected chi connectivity index (χ0v) is 12.2. The Morgan fingerprint density at radius 1 is 1.40 bits per heavy atom. The van der Waals surface area contributed by atoms with E-state index in [2.05, 4.69) is 10.6 Å². The molecule has 1 rings (SSSR count). The minimum Gasteiger partial charge on any atom is -0.505 e. The van der Waals surface area contributed by atoms with Crippen molar-refractivity contribution < 1.29 is 19.8 Å². The molecule has 0 heterocycles. The van der Waals surface area contributed by atoms with Crippen LogP contribution in [0.4, 0.5) is 10.5 Å². The number of carboxylic acid groups (broad SMARTS) is 1. The van der Waals surface area contributed by atoms with Gasteiger partial charge in [-0.2, -0.15) is 11.8 Å². The standard InChI is InChI=1S/C13H18N2O4S/c1-8(7-20-2)6-14-13(19)15-10-5-3-4-9(11(10)16)12(17)18/h3-5,8,16H,6-7H2,1-2H3,(H,17,18)(H2,14,15,19). The van der Waals surface area contributed by atoms with Gasteiger partial charge in [-0.25, -0.2) is 9.59 Å². The first-order chi connectivity index (χ1) is 9.45. The third kappa shape index (κ3) is 4.65. The SMILES string of the molecule is CSCC(C)CNC(=O)Nc1cccc(C(=O)O)c1O. The van der Waals surface area contributed by atoms with E-state index < -0.39 is 17.7 Å². The van der Waals surface area contributed by atoms with Crippen LogP contribution in [0.1, 0.15) is 17.3 Å². The monoisotopic (exact) mass is 298 g/mol. The van der Waals surface area contributed by atoms with Crippen LogP contribution in [0.15, 0.2) is 18.2 Å². The molecule has 0 saturated carbocycles. The third-order valence-corrected chi connectivity index (χ3v) is 3.48. The highest BCUT2D eigenvalue weighted by atomic mass is 32.2. The van der Waals surface area contributed by atoms with Gasteiger partial charge in [-0.3, -0.25) is 0 Å². The summed E-state index contributed by atoms with van der Waals surface area (Å²) in [6, 6.07) is 3.68. The number of rotatable bonds is 6. The Balaban J connectivity index is 2.62. The summed E-state index contributed by atoms with van der Waals surface area (Å²) in [5.74, 6) is -0.442. The number of anilines is 1. The Morgan fingerprint density at radius 2 is 2.10 bits per heavy atom.